The average Bonchev–Trinajstić information content (AvgIpc) is 2.20. The van der Waals surface area contributed by atoms with E-state index >= 15 is 0 Å². The second-order valence-corrected chi connectivity index (χ2v) is 4.25. The minimum Gasteiger partial charge on any atom is -0.478 e. The molecule has 1 aromatic carbocycles. The van der Waals surface area contributed by atoms with Crippen LogP contribution >= 0.6 is 31.9 Å². The Kier molecular flexibility index (Phi) is 4.06. The van der Waals surface area contributed by atoms with Crippen LogP contribution in [0.2, 0.25) is 0 Å². The molecule has 0 aliphatic rings. The Morgan fingerprint density at radius 2 is 2.13 bits per heavy atom. The van der Waals surface area contributed by atoms with Crippen molar-refractivity contribution in [2.75, 3.05) is 0 Å². The smallest absolute Gasteiger partial charge is 0.328 e. The van der Waals surface area contributed by atoms with Gasteiger partial charge in [0.05, 0.1) is 11.6 Å². The standard InChI is InChI=1S/C10H5Br2NO2/c11-8-3-1-6(5-13)7(10(8)12)2-4-9(14)15/h1-4H,(H,14,15)/b4-2+. The number of aliphatic carboxylic acids is 1. The van der Waals surface area contributed by atoms with Crippen LogP contribution in [0.15, 0.2) is 27.2 Å². The quantitative estimate of drug-likeness (QED) is 0.847. The largest absolute Gasteiger partial charge is 0.478 e. The van der Waals surface area contributed by atoms with Gasteiger partial charge in [-0.25, -0.2) is 4.79 Å². The van der Waals surface area contributed by atoms with E-state index in [4.69, 9.17) is 10.4 Å². The lowest BCUT2D eigenvalue weighted by atomic mass is 10.1. The third kappa shape index (κ3) is 2.91. The van der Waals surface area contributed by atoms with Gasteiger partial charge in [-0.3, -0.25) is 0 Å². The summed E-state index contributed by atoms with van der Waals surface area (Å²) in [5.74, 6) is -1.05. The topological polar surface area (TPSA) is 61.1 Å². The second kappa shape index (κ2) is 5.10. The van der Waals surface area contributed by atoms with Crippen LogP contribution in [0.3, 0.4) is 0 Å². The van der Waals surface area contributed by atoms with Gasteiger partial charge < -0.3 is 5.11 Å². The van der Waals surface area contributed by atoms with Gasteiger partial charge in [-0.1, -0.05) is 0 Å². The number of rotatable bonds is 2. The molecule has 0 spiro atoms. The maximum Gasteiger partial charge on any atom is 0.328 e. The molecule has 15 heavy (non-hydrogen) atoms. The average molecular weight is 331 g/mol. The monoisotopic (exact) mass is 329 g/mol. The van der Waals surface area contributed by atoms with Crippen LogP contribution in [0.1, 0.15) is 11.1 Å². The van der Waals surface area contributed by atoms with Gasteiger partial charge in [0.15, 0.2) is 0 Å². The van der Waals surface area contributed by atoms with Crippen molar-refractivity contribution >= 4 is 43.9 Å². The molecule has 0 saturated carbocycles. The molecular weight excluding hydrogens is 326 g/mol. The molecule has 0 aromatic heterocycles. The van der Waals surface area contributed by atoms with Crippen LogP contribution in [-0.2, 0) is 4.79 Å². The van der Waals surface area contributed by atoms with Gasteiger partial charge in [0.1, 0.15) is 0 Å². The fourth-order valence-corrected chi connectivity index (χ4v) is 1.81. The van der Waals surface area contributed by atoms with Crippen molar-refractivity contribution in [2.24, 2.45) is 0 Å². The third-order valence-electron chi connectivity index (χ3n) is 1.65. The maximum atomic E-state index is 10.4. The Bertz CT molecular complexity index is 475. The summed E-state index contributed by atoms with van der Waals surface area (Å²) in [5.41, 5.74) is 0.969. The molecule has 1 rings (SSSR count). The van der Waals surface area contributed by atoms with E-state index < -0.39 is 5.97 Å². The number of hydrogen-bond acceptors (Lipinski definition) is 2. The molecule has 0 aliphatic heterocycles. The number of carboxylic acid groups (broad SMARTS) is 1. The van der Waals surface area contributed by atoms with E-state index in [2.05, 4.69) is 31.9 Å². The van der Waals surface area contributed by atoms with Crippen molar-refractivity contribution in [3.8, 4) is 6.07 Å². The summed E-state index contributed by atoms with van der Waals surface area (Å²) in [6.45, 7) is 0. The normalized spacial score (nSPS) is 10.2. The third-order valence-corrected chi connectivity index (χ3v) is 3.69. The van der Waals surface area contributed by atoms with E-state index in [-0.39, 0.29) is 0 Å². The molecule has 0 fully saturated rings. The van der Waals surface area contributed by atoms with Crippen molar-refractivity contribution in [1.82, 2.24) is 0 Å². The van der Waals surface area contributed by atoms with E-state index in [1.54, 1.807) is 12.1 Å². The van der Waals surface area contributed by atoms with E-state index in [0.717, 1.165) is 10.5 Å². The molecule has 0 saturated heterocycles. The lowest BCUT2D eigenvalue weighted by Crippen LogP contribution is -1.89. The first-order chi connectivity index (χ1) is 7.06. The number of nitriles is 1. The number of nitrogens with zero attached hydrogens (tertiary/aromatic N) is 1. The molecule has 0 radical (unpaired) electrons. The Labute approximate surface area is 103 Å². The molecular formula is C10H5Br2NO2. The Morgan fingerprint density at radius 3 is 2.67 bits per heavy atom. The van der Waals surface area contributed by atoms with Crippen LogP contribution < -0.4 is 0 Å². The van der Waals surface area contributed by atoms with Crippen molar-refractivity contribution in [3.63, 3.8) is 0 Å². The molecule has 0 unspecified atom stereocenters. The summed E-state index contributed by atoms with van der Waals surface area (Å²) >= 11 is 6.56. The second-order valence-electron chi connectivity index (χ2n) is 2.61. The van der Waals surface area contributed by atoms with Gasteiger partial charge in [-0.15, -0.1) is 0 Å². The number of halogens is 2. The predicted octanol–water partition coefficient (Wildman–Crippen LogP) is 3.18. The van der Waals surface area contributed by atoms with Crippen LogP contribution in [0.5, 0.6) is 0 Å². The van der Waals surface area contributed by atoms with Crippen LogP contribution in [0.4, 0.5) is 0 Å². The molecule has 3 nitrogen and oxygen atoms in total. The van der Waals surface area contributed by atoms with Crippen molar-refractivity contribution < 1.29 is 9.90 Å². The molecule has 1 aromatic rings. The lowest BCUT2D eigenvalue weighted by molar-refractivity contribution is -0.131. The first-order valence-corrected chi connectivity index (χ1v) is 5.44. The minimum absolute atomic E-state index is 0.419. The zero-order valence-corrected chi connectivity index (χ0v) is 10.5. The Morgan fingerprint density at radius 1 is 1.47 bits per heavy atom. The van der Waals surface area contributed by atoms with Crippen LogP contribution in [-0.4, -0.2) is 11.1 Å². The summed E-state index contributed by atoms with van der Waals surface area (Å²) in [6, 6.07) is 5.34. The highest BCUT2D eigenvalue weighted by Gasteiger charge is 2.07. The van der Waals surface area contributed by atoms with Crippen molar-refractivity contribution in [2.45, 2.75) is 0 Å². The van der Waals surface area contributed by atoms with Gasteiger partial charge >= 0.3 is 5.97 Å². The number of hydrogen-bond donors (Lipinski definition) is 1. The van der Waals surface area contributed by atoms with E-state index in [0.29, 0.717) is 15.6 Å². The van der Waals surface area contributed by atoms with Gasteiger partial charge in [0.25, 0.3) is 0 Å². The van der Waals surface area contributed by atoms with E-state index in [1.807, 2.05) is 6.07 Å². The molecule has 76 valence electrons. The van der Waals surface area contributed by atoms with Gasteiger partial charge in [-0.2, -0.15) is 5.26 Å². The highest BCUT2D eigenvalue weighted by molar-refractivity contribution is 9.13. The lowest BCUT2D eigenvalue weighted by Gasteiger charge is -2.03. The Balaban J connectivity index is 3.32. The molecule has 5 heteroatoms. The minimum atomic E-state index is -1.05. The van der Waals surface area contributed by atoms with E-state index in [9.17, 15) is 4.79 Å². The molecule has 0 heterocycles. The summed E-state index contributed by atoms with van der Waals surface area (Å²) in [7, 11) is 0. The SMILES string of the molecule is N#Cc1ccc(Br)c(Br)c1/C=C/C(=O)O. The highest BCUT2D eigenvalue weighted by Crippen LogP contribution is 2.30. The molecule has 1 N–H and O–H groups in total. The number of carboxylic acids is 1. The van der Waals surface area contributed by atoms with Crippen molar-refractivity contribution in [1.29, 1.82) is 5.26 Å². The Hall–Kier alpha value is -1.12. The van der Waals surface area contributed by atoms with Gasteiger partial charge in [0, 0.05) is 20.6 Å². The molecule has 0 bridgehead atoms. The first kappa shape index (κ1) is 12.0. The summed E-state index contributed by atoms with van der Waals surface area (Å²) in [5, 5.41) is 17.3. The number of carbonyl (C=O) groups is 1. The summed E-state index contributed by atoms with van der Waals surface area (Å²) < 4.78 is 1.44. The summed E-state index contributed by atoms with van der Waals surface area (Å²) in [6.07, 6.45) is 2.38. The summed E-state index contributed by atoms with van der Waals surface area (Å²) in [4.78, 5) is 10.4. The zero-order valence-electron chi connectivity index (χ0n) is 7.37. The first-order valence-electron chi connectivity index (χ1n) is 3.85. The fraction of sp³-hybridized carbons (Fsp3) is 0. The molecule has 0 atom stereocenters. The van der Waals surface area contributed by atoms with Crippen LogP contribution in [0, 0.1) is 11.3 Å². The van der Waals surface area contributed by atoms with E-state index in [1.165, 1.54) is 6.08 Å². The molecule has 0 amide bonds. The van der Waals surface area contributed by atoms with Crippen LogP contribution in [0.25, 0.3) is 6.08 Å². The van der Waals surface area contributed by atoms with Crippen molar-refractivity contribution in [3.05, 3.63) is 38.3 Å². The van der Waals surface area contributed by atoms with Gasteiger partial charge in [-0.05, 0) is 50.1 Å². The number of benzene rings is 1. The zero-order chi connectivity index (χ0) is 11.4. The fourth-order valence-electron chi connectivity index (χ4n) is 0.981. The predicted molar refractivity (Wildman–Crippen MR) is 63.2 cm³/mol. The molecule has 0 aliphatic carbocycles. The van der Waals surface area contributed by atoms with Gasteiger partial charge in [0.2, 0.25) is 0 Å². The highest BCUT2D eigenvalue weighted by atomic mass is 79.9. The maximum absolute atomic E-state index is 10.4.